The van der Waals surface area contributed by atoms with Crippen molar-refractivity contribution in [2.24, 2.45) is 7.05 Å². The minimum Gasteiger partial charge on any atom is -0.324 e. The van der Waals surface area contributed by atoms with Crippen molar-refractivity contribution in [1.29, 1.82) is 0 Å². The number of nitrogens with one attached hydrogen (secondary N) is 2. The molecular weight excluding hydrogens is 236 g/mol. The van der Waals surface area contributed by atoms with Gasteiger partial charge in [-0.2, -0.15) is 16.4 Å². The van der Waals surface area contributed by atoms with E-state index in [2.05, 4.69) is 15.7 Å². The molecule has 0 spiro atoms. The van der Waals surface area contributed by atoms with Crippen LogP contribution in [0.15, 0.2) is 29.2 Å². The Morgan fingerprint density at radius 2 is 2.41 bits per heavy atom. The normalized spacial score (nSPS) is 12.4. The maximum absolute atomic E-state index is 12.0. The molecule has 0 saturated carbocycles. The van der Waals surface area contributed by atoms with Crippen LogP contribution in [0.1, 0.15) is 11.6 Å². The maximum atomic E-state index is 12.0. The van der Waals surface area contributed by atoms with Gasteiger partial charge in [0.25, 0.3) is 0 Å². The van der Waals surface area contributed by atoms with Gasteiger partial charge in [-0.05, 0) is 18.5 Å². The SMILES string of the molecule is CNC(C(=O)Nc1ccsc1)c1cnn(C)c1. The number of thiophene rings is 1. The molecule has 0 aliphatic carbocycles. The molecule has 0 bridgehead atoms. The summed E-state index contributed by atoms with van der Waals surface area (Å²) in [5.41, 5.74) is 1.67. The van der Waals surface area contributed by atoms with E-state index in [4.69, 9.17) is 0 Å². The Morgan fingerprint density at radius 3 is 2.94 bits per heavy atom. The molecule has 0 saturated heterocycles. The van der Waals surface area contributed by atoms with Crippen LogP contribution in [0.3, 0.4) is 0 Å². The van der Waals surface area contributed by atoms with E-state index in [-0.39, 0.29) is 11.9 Å². The summed E-state index contributed by atoms with van der Waals surface area (Å²) >= 11 is 1.55. The van der Waals surface area contributed by atoms with E-state index in [0.29, 0.717) is 0 Å². The van der Waals surface area contributed by atoms with Crippen LogP contribution in [0.4, 0.5) is 5.69 Å². The third-order valence-corrected chi connectivity index (χ3v) is 3.08. The Bertz CT molecular complexity index is 491. The van der Waals surface area contributed by atoms with E-state index in [0.717, 1.165) is 11.3 Å². The molecule has 2 aromatic rings. The van der Waals surface area contributed by atoms with Crippen molar-refractivity contribution >= 4 is 22.9 Å². The summed E-state index contributed by atoms with van der Waals surface area (Å²) in [6, 6.07) is 1.49. The summed E-state index contributed by atoms with van der Waals surface area (Å²) in [5, 5.41) is 13.7. The van der Waals surface area contributed by atoms with Gasteiger partial charge in [-0.1, -0.05) is 0 Å². The summed E-state index contributed by atoms with van der Waals surface area (Å²) in [4.78, 5) is 12.0. The Kier molecular flexibility index (Phi) is 3.55. The summed E-state index contributed by atoms with van der Waals surface area (Å²) in [6.07, 6.45) is 3.52. The van der Waals surface area contributed by atoms with Gasteiger partial charge in [-0.3, -0.25) is 9.48 Å². The Balaban J connectivity index is 2.10. The second-order valence-corrected chi connectivity index (χ2v) is 4.45. The zero-order chi connectivity index (χ0) is 12.3. The van der Waals surface area contributed by atoms with Crippen LogP contribution in [0.5, 0.6) is 0 Å². The maximum Gasteiger partial charge on any atom is 0.246 e. The van der Waals surface area contributed by atoms with E-state index >= 15 is 0 Å². The Labute approximate surface area is 103 Å². The predicted molar refractivity (Wildman–Crippen MR) is 68.0 cm³/mol. The lowest BCUT2D eigenvalue weighted by Crippen LogP contribution is -2.30. The standard InChI is InChI=1S/C11H14N4OS/c1-12-10(8-5-13-15(2)6-8)11(16)14-9-3-4-17-7-9/h3-7,10,12H,1-2H3,(H,14,16). The highest BCUT2D eigenvalue weighted by molar-refractivity contribution is 7.08. The molecule has 1 unspecified atom stereocenters. The first-order chi connectivity index (χ1) is 8.20. The second kappa shape index (κ2) is 5.11. The third kappa shape index (κ3) is 2.72. The molecule has 2 N–H and O–H groups in total. The largest absolute Gasteiger partial charge is 0.324 e. The van der Waals surface area contributed by atoms with E-state index in [1.165, 1.54) is 0 Å². The summed E-state index contributed by atoms with van der Waals surface area (Å²) in [6.45, 7) is 0. The highest BCUT2D eigenvalue weighted by Crippen LogP contribution is 2.16. The number of rotatable bonds is 4. The van der Waals surface area contributed by atoms with Crippen LogP contribution in [0.2, 0.25) is 0 Å². The van der Waals surface area contributed by atoms with Crippen molar-refractivity contribution in [3.63, 3.8) is 0 Å². The number of carbonyl (C=O) groups is 1. The number of hydrogen-bond acceptors (Lipinski definition) is 4. The van der Waals surface area contributed by atoms with Gasteiger partial charge in [-0.15, -0.1) is 0 Å². The molecule has 0 aliphatic rings. The Morgan fingerprint density at radius 1 is 1.59 bits per heavy atom. The highest BCUT2D eigenvalue weighted by Gasteiger charge is 2.20. The first kappa shape index (κ1) is 11.8. The molecule has 5 nitrogen and oxygen atoms in total. The summed E-state index contributed by atoms with van der Waals surface area (Å²) in [5.74, 6) is -0.0844. The Hall–Kier alpha value is -1.66. The zero-order valence-electron chi connectivity index (χ0n) is 9.68. The van der Waals surface area contributed by atoms with Gasteiger partial charge in [0, 0.05) is 24.2 Å². The predicted octanol–water partition coefficient (Wildman–Crippen LogP) is 1.38. The van der Waals surface area contributed by atoms with Crippen LogP contribution in [0, 0.1) is 0 Å². The molecule has 0 aliphatic heterocycles. The molecule has 2 rings (SSSR count). The number of amides is 1. The van der Waals surface area contributed by atoms with Gasteiger partial charge in [-0.25, -0.2) is 0 Å². The minimum absolute atomic E-state index is 0.0844. The number of anilines is 1. The van der Waals surface area contributed by atoms with Crippen LogP contribution in [0.25, 0.3) is 0 Å². The lowest BCUT2D eigenvalue weighted by molar-refractivity contribution is -0.118. The number of nitrogens with zero attached hydrogens (tertiary/aromatic N) is 2. The molecular formula is C11H14N4OS. The molecule has 90 valence electrons. The first-order valence-corrected chi connectivity index (χ1v) is 6.14. The smallest absolute Gasteiger partial charge is 0.246 e. The minimum atomic E-state index is -0.386. The van der Waals surface area contributed by atoms with Crippen molar-refractivity contribution in [3.8, 4) is 0 Å². The molecule has 2 aromatic heterocycles. The molecule has 1 amide bonds. The number of aryl methyl sites for hydroxylation is 1. The van der Waals surface area contributed by atoms with Gasteiger partial charge in [0.2, 0.25) is 5.91 Å². The van der Waals surface area contributed by atoms with E-state index in [1.54, 1.807) is 29.3 Å². The second-order valence-electron chi connectivity index (χ2n) is 3.67. The highest BCUT2D eigenvalue weighted by atomic mass is 32.1. The monoisotopic (exact) mass is 250 g/mol. The quantitative estimate of drug-likeness (QED) is 0.862. The molecule has 0 aromatic carbocycles. The first-order valence-electron chi connectivity index (χ1n) is 5.19. The van der Waals surface area contributed by atoms with Crippen LogP contribution < -0.4 is 10.6 Å². The van der Waals surface area contributed by atoms with Crippen molar-refractivity contribution in [3.05, 3.63) is 34.8 Å². The topological polar surface area (TPSA) is 59.0 Å². The summed E-state index contributed by atoms with van der Waals surface area (Å²) < 4.78 is 1.68. The van der Waals surface area contributed by atoms with Crippen LogP contribution in [-0.4, -0.2) is 22.7 Å². The van der Waals surface area contributed by atoms with Crippen molar-refractivity contribution in [2.75, 3.05) is 12.4 Å². The lowest BCUT2D eigenvalue weighted by atomic mass is 10.1. The number of carbonyl (C=O) groups excluding carboxylic acids is 1. The molecule has 0 fully saturated rings. The van der Waals surface area contributed by atoms with Gasteiger partial charge >= 0.3 is 0 Å². The van der Waals surface area contributed by atoms with Crippen LogP contribution >= 0.6 is 11.3 Å². The van der Waals surface area contributed by atoms with Crippen LogP contribution in [-0.2, 0) is 11.8 Å². The van der Waals surface area contributed by atoms with E-state index in [1.807, 2.05) is 30.1 Å². The van der Waals surface area contributed by atoms with Crippen molar-refractivity contribution < 1.29 is 4.79 Å². The van der Waals surface area contributed by atoms with Gasteiger partial charge in [0.1, 0.15) is 6.04 Å². The van der Waals surface area contributed by atoms with Gasteiger partial charge in [0.15, 0.2) is 0 Å². The fraction of sp³-hybridized carbons (Fsp3) is 0.273. The van der Waals surface area contributed by atoms with E-state index in [9.17, 15) is 4.79 Å². The lowest BCUT2D eigenvalue weighted by Gasteiger charge is -2.13. The molecule has 17 heavy (non-hydrogen) atoms. The fourth-order valence-electron chi connectivity index (χ4n) is 1.59. The molecule has 1 atom stereocenters. The number of aromatic nitrogens is 2. The third-order valence-electron chi connectivity index (χ3n) is 2.40. The molecule has 2 heterocycles. The van der Waals surface area contributed by atoms with Gasteiger partial charge in [0.05, 0.1) is 11.9 Å². The average molecular weight is 250 g/mol. The van der Waals surface area contributed by atoms with Gasteiger partial charge < -0.3 is 10.6 Å². The fourth-order valence-corrected chi connectivity index (χ4v) is 2.18. The number of likely N-dealkylation sites (N-methyl/N-ethyl adjacent to an activating group) is 1. The summed E-state index contributed by atoms with van der Waals surface area (Å²) in [7, 11) is 3.58. The van der Waals surface area contributed by atoms with Crippen molar-refractivity contribution in [2.45, 2.75) is 6.04 Å². The molecule has 6 heteroatoms. The number of hydrogen-bond donors (Lipinski definition) is 2. The average Bonchev–Trinajstić information content (AvgIpc) is 2.91. The van der Waals surface area contributed by atoms with Crippen molar-refractivity contribution in [1.82, 2.24) is 15.1 Å². The zero-order valence-corrected chi connectivity index (χ0v) is 10.5. The molecule has 0 radical (unpaired) electrons. The van der Waals surface area contributed by atoms with E-state index < -0.39 is 0 Å².